The normalized spacial score (nSPS) is 10.0. The molecule has 0 spiro atoms. The van der Waals surface area contributed by atoms with Crippen molar-refractivity contribution >= 4 is 11.5 Å². The zero-order chi connectivity index (χ0) is 11.4. The number of aromatic nitrogens is 2. The number of ketones is 1. The van der Waals surface area contributed by atoms with Crippen LogP contribution in [-0.2, 0) is 6.42 Å². The smallest absolute Gasteiger partial charge is 0.185 e. The van der Waals surface area contributed by atoms with Crippen molar-refractivity contribution in [2.75, 3.05) is 5.73 Å². The maximum atomic E-state index is 11.8. The summed E-state index contributed by atoms with van der Waals surface area (Å²) in [5.41, 5.74) is 7.50. The van der Waals surface area contributed by atoms with Gasteiger partial charge in [-0.1, -0.05) is 6.07 Å². The highest BCUT2D eigenvalue weighted by Crippen LogP contribution is 2.11. The number of pyridine rings is 2. The van der Waals surface area contributed by atoms with Gasteiger partial charge in [-0.2, -0.15) is 0 Å². The van der Waals surface area contributed by atoms with Crippen LogP contribution in [0.4, 0.5) is 5.69 Å². The predicted molar refractivity (Wildman–Crippen MR) is 60.9 cm³/mol. The highest BCUT2D eigenvalue weighted by Gasteiger charge is 2.09. The van der Waals surface area contributed by atoms with Crippen LogP contribution < -0.4 is 5.73 Å². The van der Waals surface area contributed by atoms with E-state index in [-0.39, 0.29) is 12.2 Å². The molecule has 0 radical (unpaired) electrons. The molecule has 0 bridgehead atoms. The predicted octanol–water partition coefficient (Wildman–Crippen LogP) is 1.48. The molecule has 4 heteroatoms. The number of nitrogens with two attached hydrogens (primary N) is 1. The van der Waals surface area contributed by atoms with Crippen molar-refractivity contribution in [2.24, 2.45) is 0 Å². The largest absolute Gasteiger partial charge is 0.398 e. The van der Waals surface area contributed by atoms with Gasteiger partial charge in [0, 0.05) is 36.3 Å². The summed E-state index contributed by atoms with van der Waals surface area (Å²) >= 11 is 0. The lowest BCUT2D eigenvalue weighted by Gasteiger charge is -2.03. The van der Waals surface area contributed by atoms with E-state index in [1.165, 1.54) is 0 Å². The standard InChI is InChI=1S/C12H11N3O/c13-10-4-6-14-8-9(10)7-12(16)11-3-1-2-5-15-11/h1-6,8H,7H2,(H2,13,14). The number of nitrogens with zero attached hydrogens (tertiary/aromatic N) is 2. The Labute approximate surface area is 93.2 Å². The molecule has 0 aliphatic carbocycles. The Kier molecular flexibility index (Phi) is 2.91. The minimum Gasteiger partial charge on any atom is -0.398 e. The molecule has 0 amide bonds. The molecule has 0 aliphatic rings. The van der Waals surface area contributed by atoms with Crippen molar-refractivity contribution in [1.29, 1.82) is 0 Å². The fourth-order valence-corrected chi connectivity index (χ4v) is 1.38. The molecule has 2 N–H and O–H groups in total. The zero-order valence-electron chi connectivity index (χ0n) is 8.63. The Balaban J connectivity index is 2.18. The number of carbonyl (C=O) groups excluding carboxylic acids is 1. The monoisotopic (exact) mass is 213 g/mol. The fraction of sp³-hybridized carbons (Fsp3) is 0.0833. The quantitative estimate of drug-likeness (QED) is 0.784. The lowest BCUT2D eigenvalue weighted by atomic mass is 10.1. The SMILES string of the molecule is Nc1ccncc1CC(=O)c1ccccn1. The molecule has 2 aromatic rings. The maximum Gasteiger partial charge on any atom is 0.185 e. The second-order valence-electron chi connectivity index (χ2n) is 3.39. The Bertz CT molecular complexity index is 497. The fourth-order valence-electron chi connectivity index (χ4n) is 1.38. The Morgan fingerprint density at radius 3 is 2.81 bits per heavy atom. The van der Waals surface area contributed by atoms with Gasteiger partial charge in [0.25, 0.3) is 0 Å². The van der Waals surface area contributed by atoms with Crippen LogP contribution in [0.1, 0.15) is 16.1 Å². The van der Waals surface area contributed by atoms with Gasteiger partial charge < -0.3 is 5.73 Å². The second kappa shape index (κ2) is 4.53. The third-order valence-electron chi connectivity index (χ3n) is 2.24. The van der Waals surface area contributed by atoms with Gasteiger partial charge in [0.15, 0.2) is 5.78 Å². The number of anilines is 1. The molecule has 0 aliphatic heterocycles. The lowest BCUT2D eigenvalue weighted by molar-refractivity contribution is 0.0988. The van der Waals surface area contributed by atoms with Gasteiger partial charge in [0.2, 0.25) is 0 Å². The molecule has 2 aromatic heterocycles. The molecule has 0 saturated carbocycles. The van der Waals surface area contributed by atoms with Gasteiger partial charge in [-0.15, -0.1) is 0 Å². The van der Waals surface area contributed by atoms with Gasteiger partial charge in [0.1, 0.15) is 5.69 Å². The third-order valence-corrected chi connectivity index (χ3v) is 2.24. The van der Waals surface area contributed by atoms with Crippen LogP contribution in [-0.4, -0.2) is 15.8 Å². The molecule has 0 unspecified atom stereocenters. The van der Waals surface area contributed by atoms with Crippen LogP contribution >= 0.6 is 0 Å². The van der Waals surface area contributed by atoms with Crippen molar-refractivity contribution < 1.29 is 4.79 Å². The van der Waals surface area contributed by atoms with Crippen LogP contribution in [0, 0.1) is 0 Å². The Morgan fingerprint density at radius 1 is 1.25 bits per heavy atom. The van der Waals surface area contributed by atoms with E-state index in [0.717, 1.165) is 5.56 Å². The van der Waals surface area contributed by atoms with Crippen LogP contribution in [0.5, 0.6) is 0 Å². The van der Waals surface area contributed by atoms with Gasteiger partial charge >= 0.3 is 0 Å². The average molecular weight is 213 g/mol. The third kappa shape index (κ3) is 2.23. The first-order chi connectivity index (χ1) is 7.77. The molecule has 2 rings (SSSR count). The van der Waals surface area contributed by atoms with E-state index in [9.17, 15) is 4.79 Å². The van der Waals surface area contributed by atoms with Crippen molar-refractivity contribution in [2.45, 2.75) is 6.42 Å². The van der Waals surface area contributed by atoms with E-state index in [1.54, 1.807) is 42.9 Å². The minimum absolute atomic E-state index is 0.0553. The first kappa shape index (κ1) is 10.3. The van der Waals surface area contributed by atoms with Crippen molar-refractivity contribution in [3.8, 4) is 0 Å². The number of rotatable bonds is 3. The second-order valence-corrected chi connectivity index (χ2v) is 3.39. The molecule has 16 heavy (non-hydrogen) atoms. The summed E-state index contributed by atoms with van der Waals surface area (Å²) < 4.78 is 0. The van der Waals surface area contributed by atoms with Crippen molar-refractivity contribution in [1.82, 2.24) is 9.97 Å². The first-order valence-corrected chi connectivity index (χ1v) is 4.90. The number of Topliss-reactive ketones (excluding diaryl/α,β-unsaturated/α-hetero) is 1. The Morgan fingerprint density at radius 2 is 2.12 bits per heavy atom. The van der Waals surface area contributed by atoms with Crippen LogP contribution in [0.3, 0.4) is 0 Å². The van der Waals surface area contributed by atoms with Crippen LogP contribution in [0.15, 0.2) is 42.9 Å². The number of hydrogen-bond acceptors (Lipinski definition) is 4. The highest BCUT2D eigenvalue weighted by atomic mass is 16.1. The average Bonchev–Trinajstić information content (AvgIpc) is 2.33. The molecule has 0 atom stereocenters. The summed E-state index contributed by atoms with van der Waals surface area (Å²) in [6, 6.07) is 6.93. The molecule has 4 nitrogen and oxygen atoms in total. The van der Waals surface area contributed by atoms with E-state index in [0.29, 0.717) is 11.4 Å². The molecule has 80 valence electrons. The maximum absolute atomic E-state index is 11.8. The molecule has 0 aromatic carbocycles. The van der Waals surface area contributed by atoms with Crippen molar-refractivity contribution in [3.63, 3.8) is 0 Å². The van der Waals surface area contributed by atoms with E-state index in [4.69, 9.17) is 5.73 Å². The molecule has 2 heterocycles. The number of nitrogen functional groups attached to an aromatic ring is 1. The Hall–Kier alpha value is -2.23. The van der Waals surface area contributed by atoms with E-state index < -0.39 is 0 Å². The minimum atomic E-state index is -0.0553. The zero-order valence-corrected chi connectivity index (χ0v) is 8.63. The number of carbonyl (C=O) groups is 1. The summed E-state index contributed by atoms with van der Waals surface area (Å²) in [5, 5.41) is 0. The molecule has 0 fully saturated rings. The summed E-state index contributed by atoms with van der Waals surface area (Å²) in [5.74, 6) is -0.0553. The highest BCUT2D eigenvalue weighted by molar-refractivity contribution is 5.96. The lowest BCUT2D eigenvalue weighted by Crippen LogP contribution is -2.07. The van der Waals surface area contributed by atoms with Gasteiger partial charge in [-0.25, -0.2) is 0 Å². The van der Waals surface area contributed by atoms with Crippen LogP contribution in [0.2, 0.25) is 0 Å². The van der Waals surface area contributed by atoms with Crippen molar-refractivity contribution in [3.05, 3.63) is 54.1 Å². The summed E-state index contributed by atoms with van der Waals surface area (Å²) in [7, 11) is 0. The molecule has 0 saturated heterocycles. The molecular weight excluding hydrogens is 202 g/mol. The van der Waals surface area contributed by atoms with E-state index in [2.05, 4.69) is 9.97 Å². The van der Waals surface area contributed by atoms with E-state index >= 15 is 0 Å². The number of hydrogen-bond donors (Lipinski definition) is 1. The van der Waals surface area contributed by atoms with Gasteiger partial charge in [-0.3, -0.25) is 14.8 Å². The van der Waals surface area contributed by atoms with Gasteiger partial charge in [0.05, 0.1) is 0 Å². The summed E-state index contributed by atoms with van der Waals surface area (Å²) in [6.45, 7) is 0. The van der Waals surface area contributed by atoms with Crippen LogP contribution in [0.25, 0.3) is 0 Å². The summed E-state index contributed by atoms with van der Waals surface area (Å²) in [4.78, 5) is 19.8. The first-order valence-electron chi connectivity index (χ1n) is 4.90. The molecular formula is C12H11N3O. The topological polar surface area (TPSA) is 68.9 Å². The van der Waals surface area contributed by atoms with E-state index in [1.807, 2.05) is 0 Å². The summed E-state index contributed by atoms with van der Waals surface area (Å²) in [6.07, 6.45) is 5.04. The van der Waals surface area contributed by atoms with Gasteiger partial charge in [-0.05, 0) is 18.2 Å².